The topological polar surface area (TPSA) is 102 Å². The Kier molecular flexibility index (Phi) is 4.68. The van der Waals surface area contributed by atoms with Crippen molar-refractivity contribution in [3.63, 3.8) is 0 Å². The SMILES string of the molecule is CC(C)(C)OC(=O)N1CCN(c2ccc(C(N)=O)cc2N)CC1. The number of carbonyl (C=O) groups excluding carboxylic acids is 2. The summed E-state index contributed by atoms with van der Waals surface area (Å²) in [7, 11) is 0. The maximum Gasteiger partial charge on any atom is 0.410 e. The van der Waals surface area contributed by atoms with Crippen molar-refractivity contribution >= 4 is 23.4 Å². The van der Waals surface area contributed by atoms with Crippen molar-refractivity contribution in [3.8, 4) is 0 Å². The molecule has 1 aromatic rings. The van der Waals surface area contributed by atoms with E-state index in [1.807, 2.05) is 20.8 Å². The van der Waals surface area contributed by atoms with Gasteiger partial charge in [0.15, 0.2) is 0 Å². The van der Waals surface area contributed by atoms with Gasteiger partial charge in [0.25, 0.3) is 0 Å². The molecule has 126 valence electrons. The minimum Gasteiger partial charge on any atom is -0.444 e. The van der Waals surface area contributed by atoms with E-state index in [2.05, 4.69) is 4.90 Å². The molecule has 1 fully saturated rings. The van der Waals surface area contributed by atoms with Crippen molar-refractivity contribution < 1.29 is 14.3 Å². The Bertz CT molecular complexity index is 602. The van der Waals surface area contributed by atoms with Gasteiger partial charge in [0, 0.05) is 31.7 Å². The second-order valence-corrected chi connectivity index (χ2v) is 6.59. The van der Waals surface area contributed by atoms with Gasteiger partial charge in [0.2, 0.25) is 5.91 Å². The van der Waals surface area contributed by atoms with E-state index < -0.39 is 11.5 Å². The predicted molar refractivity (Wildman–Crippen MR) is 89.4 cm³/mol. The first kappa shape index (κ1) is 16.9. The number of hydrogen-bond acceptors (Lipinski definition) is 5. The number of benzene rings is 1. The minimum atomic E-state index is -0.502. The van der Waals surface area contributed by atoms with Crippen LogP contribution in [-0.4, -0.2) is 48.7 Å². The van der Waals surface area contributed by atoms with Crippen LogP contribution >= 0.6 is 0 Å². The van der Waals surface area contributed by atoms with Crippen LogP contribution in [0.25, 0.3) is 0 Å². The number of ether oxygens (including phenoxy) is 1. The molecule has 0 unspecified atom stereocenters. The van der Waals surface area contributed by atoms with Gasteiger partial charge in [-0.2, -0.15) is 0 Å². The fourth-order valence-electron chi connectivity index (χ4n) is 2.45. The highest BCUT2D eigenvalue weighted by atomic mass is 16.6. The average Bonchev–Trinajstić information content (AvgIpc) is 2.45. The number of hydrogen-bond donors (Lipinski definition) is 2. The number of nitrogens with zero attached hydrogens (tertiary/aromatic N) is 2. The normalized spacial score (nSPS) is 15.4. The van der Waals surface area contributed by atoms with E-state index in [1.54, 1.807) is 23.1 Å². The summed E-state index contributed by atoms with van der Waals surface area (Å²) in [6.45, 7) is 7.98. The summed E-state index contributed by atoms with van der Waals surface area (Å²) in [6, 6.07) is 5.03. The lowest BCUT2D eigenvalue weighted by atomic mass is 10.1. The highest BCUT2D eigenvalue weighted by molar-refractivity contribution is 5.94. The summed E-state index contributed by atoms with van der Waals surface area (Å²) in [5.74, 6) is -0.502. The second-order valence-electron chi connectivity index (χ2n) is 6.59. The molecular weight excluding hydrogens is 296 g/mol. The molecule has 23 heavy (non-hydrogen) atoms. The molecule has 2 rings (SSSR count). The van der Waals surface area contributed by atoms with Crippen molar-refractivity contribution in [2.24, 2.45) is 5.73 Å². The van der Waals surface area contributed by atoms with Gasteiger partial charge in [-0.05, 0) is 39.0 Å². The van der Waals surface area contributed by atoms with E-state index >= 15 is 0 Å². The maximum atomic E-state index is 12.1. The number of nitrogen functional groups attached to an aromatic ring is 1. The average molecular weight is 320 g/mol. The minimum absolute atomic E-state index is 0.297. The van der Waals surface area contributed by atoms with E-state index in [-0.39, 0.29) is 6.09 Å². The van der Waals surface area contributed by atoms with Gasteiger partial charge in [-0.25, -0.2) is 4.79 Å². The number of amides is 2. The maximum absolute atomic E-state index is 12.1. The van der Waals surface area contributed by atoms with Crippen LogP contribution in [0.3, 0.4) is 0 Å². The highest BCUT2D eigenvalue weighted by Crippen LogP contribution is 2.25. The smallest absolute Gasteiger partial charge is 0.410 e. The van der Waals surface area contributed by atoms with Gasteiger partial charge in [0.05, 0.1) is 11.4 Å². The molecule has 4 N–H and O–H groups in total. The summed E-state index contributed by atoms with van der Waals surface area (Å²) in [6.07, 6.45) is -0.297. The number of rotatable bonds is 2. The lowest BCUT2D eigenvalue weighted by Gasteiger charge is -2.37. The van der Waals surface area contributed by atoms with Gasteiger partial charge in [-0.1, -0.05) is 0 Å². The summed E-state index contributed by atoms with van der Waals surface area (Å²) < 4.78 is 5.38. The number of anilines is 2. The van der Waals surface area contributed by atoms with E-state index in [4.69, 9.17) is 16.2 Å². The monoisotopic (exact) mass is 320 g/mol. The van der Waals surface area contributed by atoms with Crippen molar-refractivity contribution in [1.82, 2.24) is 4.90 Å². The third kappa shape index (κ3) is 4.28. The van der Waals surface area contributed by atoms with Crippen LogP contribution in [0.15, 0.2) is 18.2 Å². The molecule has 1 heterocycles. The molecule has 0 aromatic heterocycles. The van der Waals surface area contributed by atoms with Crippen LogP contribution in [-0.2, 0) is 4.74 Å². The number of piperazine rings is 1. The third-order valence-electron chi connectivity index (χ3n) is 3.58. The molecule has 0 atom stereocenters. The standard InChI is InChI=1S/C16H24N4O3/c1-16(2,3)23-15(22)20-8-6-19(7-9-20)13-5-4-11(14(18)21)10-12(13)17/h4-5,10H,6-9,17H2,1-3H3,(H2,18,21). The Morgan fingerprint density at radius 2 is 1.74 bits per heavy atom. The third-order valence-corrected chi connectivity index (χ3v) is 3.58. The number of primary amides is 1. The summed E-state index contributed by atoms with van der Waals surface area (Å²) in [5.41, 5.74) is 12.5. The van der Waals surface area contributed by atoms with E-state index in [1.165, 1.54) is 0 Å². The molecule has 1 aliphatic rings. The first-order chi connectivity index (χ1) is 10.7. The Morgan fingerprint density at radius 3 is 2.22 bits per heavy atom. The molecule has 7 nitrogen and oxygen atoms in total. The zero-order valence-corrected chi connectivity index (χ0v) is 13.8. The summed E-state index contributed by atoms with van der Waals surface area (Å²) in [4.78, 5) is 27.0. The quantitative estimate of drug-likeness (QED) is 0.803. The zero-order chi connectivity index (χ0) is 17.2. The van der Waals surface area contributed by atoms with Gasteiger partial charge in [0.1, 0.15) is 5.60 Å². The molecule has 1 saturated heterocycles. The van der Waals surface area contributed by atoms with Crippen molar-refractivity contribution in [1.29, 1.82) is 0 Å². The van der Waals surface area contributed by atoms with E-state index in [0.29, 0.717) is 37.4 Å². The molecular formula is C16H24N4O3. The predicted octanol–water partition coefficient (Wildman–Crippen LogP) is 1.42. The first-order valence-electron chi connectivity index (χ1n) is 7.59. The molecule has 0 bridgehead atoms. The summed E-state index contributed by atoms with van der Waals surface area (Å²) in [5, 5.41) is 0. The zero-order valence-electron chi connectivity index (χ0n) is 13.8. The fraction of sp³-hybridized carbons (Fsp3) is 0.500. The van der Waals surface area contributed by atoms with Crippen LogP contribution in [0.4, 0.5) is 16.2 Å². The lowest BCUT2D eigenvalue weighted by molar-refractivity contribution is 0.0240. The molecule has 0 spiro atoms. The van der Waals surface area contributed by atoms with Crippen LogP contribution in [0.2, 0.25) is 0 Å². The Hall–Kier alpha value is -2.44. The second kappa shape index (κ2) is 6.36. The Labute approximate surface area is 136 Å². The molecule has 0 saturated carbocycles. The Morgan fingerprint density at radius 1 is 1.13 bits per heavy atom. The summed E-state index contributed by atoms with van der Waals surface area (Å²) >= 11 is 0. The fourth-order valence-corrected chi connectivity index (χ4v) is 2.45. The molecule has 0 aliphatic carbocycles. The van der Waals surface area contributed by atoms with Gasteiger partial charge < -0.3 is 26.0 Å². The molecule has 0 radical (unpaired) electrons. The molecule has 1 aromatic carbocycles. The van der Waals surface area contributed by atoms with Crippen LogP contribution < -0.4 is 16.4 Å². The van der Waals surface area contributed by atoms with Crippen molar-refractivity contribution in [3.05, 3.63) is 23.8 Å². The first-order valence-corrected chi connectivity index (χ1v) is 7.59. The van der Waals surface area contributed by atoms with Gasteiger partial charge in [-0.15, -0.1) is 0 Å². The van der Waals surface area contributed by atoms with E-state index in [9.17, 15) is 9.59 Å². The van der Waals surface area contributed by atoms with Gasteiger partial charge >= 0.3 is 6.09 Å². The Balaban J connectivity index is 1.99. The van der Waals surface area contributed by atoms with E-state index in [0.717, 1.165) is 5.69 Å². The molecule has 7 heteroatoms. The van der Waals surface area contributed by atoms with Crippen LogP contribution in [0.5, 0.6) is 0 Å². The number of carbonyl (C=O) groups is 2. The van der Waals surface area contributed by atoms with Gasteiger partial charge in [-0.3, -0.25) is 4.79 Å². The van der Waals surface area contributed by atoms with Crippen molar-refractivity contribution in [2.45, 2.75) is 26.4 Å². The largest absolute Gasteiger partial charge is 0.444 e. The van der Waals surface area contributed by atoms with Crippen LogP contribution in [0.1, 0.15) is 31.1 Å². The lowest BCUT2D eigenvalue weighted by Crippen LogP contribution is -2.50. The van der Waals surface area contributed by atoms with Crippen LogP contribution in [0, 0.1) is 0 Å². The van der Waals surface area contributed by atoms with Crippen molar-refractivity contribution in [2.75, 3.05) is 36.8 Å². The molecule has 1 aliphatic heterocycles. The molecule has 2 amide bonds. The number of nitrogens with two attached hydrogens (primary N) is 2. The highest BCUT2D eigenvalue weighted by Gasteiger charge is 2.26.